The van der Waals surface area contributed by atoms with E-state index >= 15 is 0 Å². The van der Waals surface area contributed by atoms with E-state index in [1.807, 2.05) is 4.67 Å². The number of nitrogens with zero attached hydrogens (tertiary/aromatic N) is 1. The maximum Gasteiger partial charge on any atom is 0.238 e. The maximum absolute atomic E-state index is 12.2. The normalized spacial score (nSPS) is 40.9. The van der Waals surface area contributed by atoms with Gasteiger partial charge in [-0.3, -0.25) is 9.46 Å². The van der Waals surface area contributed by atoms with Crippen LogP contribution in [-0.4, -0.2) is 35.0 Å². The van der Waals surface area contributed by atoms with Crippen molar-refractivity contribution in [3.8, 4) is 0 Å². The molecule has 94 valence electrons. The third-order valence-electron chi connectivity index (χ3n) is 3.92. The van der Waals surface area contributed by atoms with Crippen LogP contribution in [0.25, 0.3) is 0 Å². The molecule has 0 radical (unpaired) electrons. The average molecular weight is 254 g/mol. The molecule has 1 aliphatic carbocycles. The summed E-state index contributed by atoms with van der Waals surface area (Å²) in [4.78, 5) is 23.3. The van der Waals surface area contributed by atoms with E-state index in [1.165, 1.54) is 0 Å². The lowest BCUT2D eigenvalue weighted by molar-refractivity contribution is -0.128. The van der Waals surface area contributed by atoms with Crippen molar-refractivity contribution in [2.45, 2.75) is 31.3 Å². The summed E-state index contributed by atoms with van der Waals surface area (Å²) in [6.45, 7) is 6.65. The maximum atomic E-state index is 12.2. The molecule has 1 N–H and O–H groups in total. The van der Waals surface area contributed by atoms with Crippen molar-refractivity contribution < 1.29 is 9.59 Å². The number of amides is 1. The Bertz CT molecular complexity index is 350. The largest absolute Gasteiger partial charge is 0.342 e. The van der Waals surface area contributed by atoms with Gasteiger partial charge >= 0.3 is 0 Å². The van der Waals surface area contributed by atoms with Crippen LogP contribution >= 0.6 is 9.39 Å². The lowest BCUT2D eigenvalue weighted by atomic mass is 10.0. The van der Waals surface area contributed by atoms with Crippen molar-refractivity contribution in [3.63, 3.8) is 0 Å². The Morgan fingerprint density at radius 2 is 2.35 bits per heavy atom. The van der Waals surface area contributed by atoms with E-state index in [4.69, 9.17) is 0 Å². The summed E-state index contributed by atoms with van der Waals surface area (Å²) in [5.74, 6) is 0.386. The number of hydrogen-bond acceptors (Lipinski definition) is 3. The summed E-state index contributed by atoms with van der Waals surface area (Å²) in [5.41, 5.74) is -0.674. The minimum absolute atomic E-state index is 0.0403. The van der Waals surface area contributed by atoms with Gasteiger partial charge in [-0.1, -0.05) is 22.4 Å². The van der Waals surface area contributed by atoms with Crippen molar-refractivity contribution in [1.82, 2.24) is 9.99 Å². The summed E-state index contributed by atoms with van der Waals surface area (Å²) in [7, 11) is 2.59. The Kier molecular flexibility index (Phi) is 3.37. The van der Waals surface area contributed by atoms with Crippen LogP contribution in [0, 0.1) is 11.8 Å². The first-order valence-electron chi connectivity index (χ1n) is 5.96. The Morgan fingerprint density at radius 1 is 1.65 bits per heavy atom. The number of aldehydes is 1. The second-order valence-corrected chi connectivity index (χ2v) is 5.81. The Hall–Kier alpha value is -0.730. The van der Waals surface area contributed by atoms with Crippen LogP contribution in [0.15, 0.2) is 12.7 Å². The molecule has 1 amide bonds. The molecule has 0 aromatic heterocycles. The van der Waals surface area contributed by atoms with E-state index in [2.05, 4.69) is 28.2 Å². The molecule has 5 heteroatoms. The molecule has 0 aromatic rings. The van der Waals surface area contributed by atoms with E-state index in [0.29, 0.717) is 12.3 Å². The quantitative estimate of drug-likeness (QED) is 0.457. The third kappa shape index (κ3) is 2.16. The highest BCUT2D eigenvalue weighted by atomic mass is 31.0. The van der Waals surface area contributed by atoms with E-state index in [-0.39, 0.29) is 17.9 Å². The van der Waals surface area contributed by atoms with Crippen molar-refractivity contribution in [1.29, 1.82) is 0 Å². The fourth-order valence-electron chi connectivity index (χ4n) is 2.60. The summed E-state index contributed by atoms with van der Waals surface area (Å²) >= 11 is 0. The number of rotatable bonds is 4. The number of carbonyl (C=O) groups excluding carboxylic acids is 2. The minimum atomic E-state index is -0.674. The van der Waals surface area contributed by atoms with Gasteiger partial charge in [0.05, 0.1) is 6.04 Å². The highest BCUT2D eigenvalue weighted by molar-refractivity contribution is 7.13. The van der Waals surface area contributed by atoms with E-state index in [1.54, 1.807) is 6.08 Å². The summed E-state index contributed by atoms with van der Waals surface area (Å²) < 4.78 is 1.98. The summed E-state index contributed by atoms with van der Waals surface area (Å²) in [5, 5.41) is 2.89. The van der Waals surface area contributed by atoms with E-state index in [9.17, 15) is 9.59 Å². The van der Waals surface area contributed by atoms with Gasteiger partial charge in [-0.15, -0.1) is 6.58 Å². The van der Waals surface area contributed by atoms with Gasteiger partial charge in [-0.2, -0.15) is 0 Å². The second kappa shape index (κ2) is 4.51. The molecular formula is C12H19N2O2P. The van der Waals surface area contributed by atoms with Crippen LogP contribution in [0.3, 0.4) is 0 Å². The van der Waals surface area contributed by atoms with Gasteiger partial charge in [-0.05, 0) is 18.8 Å². The molecule has 1 saturated heterocycles. The lowest BCUT2D eigenvalue weighted by Crippen LogP contribution is -2.49. The van der Waals surface area contributed by atoms with Gasteiger partial charge in [0, 0.05) is 12.5 Å². The first kappa shape index (κ1) is 12.7. The molecule has 2 fully saturated rings. The second-order valence-electron chi connectivity index (χ2n) is 5.14. The fourth-order valence-corrected chi connectivity index (χ4v) is 3.17. The van der Waals surface area contributed by atoms with Gasteiger partial charge in [0.25, 0.3) is 0 Å². The first-order chi connectivity index (χ1) is 8.04. The predicted molar refractivity (Wildman–Crippen MR) is 69.2 cm³/mol. The molecule has 17 heavy (non-hydrogen) atoms. The van der Waals surface area contributed by atoms with Gasteiger partial charge in [0.15, 0.2) is 0 Å². The molecule has 1 aliphatic heterocycles. The van der Waals surface area contributed by atoms with Crippen LogP contribution in [0.4, 0.5) is 0 Å². The van der Waals surface area contributed by atoms with Crippen LogP contribution in [-0.2, 0) is 9.59 Å². The van der Waals surface area contributed by atoms with Gasteiger partial charge in [-0.25, -0.2) is 0 Å². The molecule has 5 unspecified atom stereocenters. The molecule has 2 rings (SSSR count). The number of hydrogen-bond donors (Lipinski definition) is 1. The highest BCUT2D eigenvalue weighted by Gasteiger charge is 2.55. The molecule has 4 nitrogen and oxygen atoms in total. The third-order valence-corrected chi connectivity index (χ3v) is 4.50. The van der Waals surface area contributed by atoms with Crippen LogP contribution < -0.4 is 5.32 Å². The van der Waals surface area contributed by atoms with E-state index < -0.39 is 5.54 Å². The fraction of sp³-hybridized carbons (Fsp3) is 0.667. The molecule has 5 atom stereocenters. The highest BCUT2D eigenvalue weighted by Crippen LogP contribution is 2.43. The van der Waals surface area contributed by atoms with Gasteiger partial charge in [0.2, 0.25) is 5.91 Å². The van der Waals surface area contributed by atoms with Crippen molar-refractivity contribution in [2.24, 2.45) is 11.8 Å². The topological polar surface area (TPSA) is 49.4 Å². The molecular weight excluding hydrogens is 235 g/mol. The smallest absolute Gasteiger partial charge is 0.238 e. The Morgan fingerprint density at radius 3 is 2.76 bits per heavy atom. The van der Waals surface area contributed by atoms with Crippen LogP contribution in [0.5, 0.6) is 0 Å². The SMILES string of the molecule is C=CC1CC1(C=O)NC(=O)C1C(C)CCN1P. The monoisotopic (exact) mass is 254 g/mol. The van der Waals surface area contributed by atoms with E-state index in [0.717, 1.165) is 19.3 Å². The molecule has 1 heterocycles. The van der Waals surface area contributed by atoms with Crippen LogP contribution in [0.1, 0.15) is 19.8 Å². The molecule has 0 aromatic carbocycles. The predicted octanol–water partition coefficient (Wildman–Crippen LogP) is 0.747. The zero-order valence-corrected chi connectivity index (χ0v) is 11.2. The number of nitrogens with one attached hydrogen (secondary N) is 1. The van der Waals surface area contributed by atoms with Crippen LogP contribution in [0.2, 0.25) is 0 Å². The molecule has 0 spiro atoms. The number of carbonyl (C=O) groups is 2. The summed E-state index contributed by atoms with van der Waals surface area (Å²) in [6, 6.07) is -0.136. The Labute approximate surface area is 104 Å². The zero-order chi connectivity index (χ0) is 12.6. The van der Waals surface area contributed by atoms with Crippen molar-refractivity contribution >= 4 is 21.6 Å². The molecule has 1 saturated carbocycles. The molecule has 0 bridgehead atoms. The average Bonchev–Trinajstić information content (AvgIpc) is 2.90. The van der Waals surface area contributed by atoms with Crippen molar-refractivity contribution in [3.05, 3.63) is 12.7 Å². The van der Waals surface area contributed by atoms with Crippen molar-refractivity contribution in [2.75, 3.05) is 6.54 Å². The first-order valence-corrected chi connectivity index (χ1v) is 6.48. The minimum Gasteiger partial charge on any atom is -0.342 e. The van der Waals surface area contributed by atoms with Gasteiger partial charge in [0.1, 0.15) is 11.8 Å². The van der Waals surface area contributed by atoms with Gasteiger partial charge < -0.3 is 10.1 Å². The molecule has 2 aliphatic rings. The summed E-state index contributed by atoms with van der Waals surface area (Å²) in [6.07, 6.45) is 4.29. The Balaban J connectivity index is 2.02. The standard InChI is InChI=1S/C12H19N2O2P/c1-3-9-6-12(9,7-15)13-11(16)10-8(2)4-5-14(10)17/h3,7-10H,1,4-6,17H2,2H3,(H,13,16). The lowest BCUT2D eigenvalue weighted by Gasteiger charge is -2.23. The zero-order valence-electron chi connectivity index (χ0n) is 10.1.